The van der Waals surface area contributed by atoms with Crippen molar-refractivity contribution >= 4 is 41.2 Å². The zero-order valence-electron chi connectivity index (χ0n) is 20.0. The Labute approximate surface area is 231 Å². The van der Waals surface area contributed by atoms with Crippen LogP contribution in [0.4, 0.5) is 32.2 Å². The number of amides is 1. The number of aromatic nitrogens is 2. The molecule has 43 heavy (non-hydrogen) atoms. The lowest BCUT2D eigenvalue weighted by Crippen LogP contribution is -2.52. The second-order valence-corrected chi connectivity index (χ2v) is 12.3. The number of halogens is 6. The highest BCUT2D eigenvalue weighted by Crippen LogP contribution is 2.66. The molecule has 2 rings (SSSR count). The molecule has 1 aliphatic heterocycles. The molecule has 5 atom stereocenters. The predicted octanol–water partition coefficient (Wildman–Crippen LogP) is -0.902. The highest BCUT2D eigenvalue weighted by Gasteiger charge is 2.52. The smallest absolute Gasteiger partial charge is 0.454 e. The molecule has 0 aromatic carbocycles. The first-order valence-electron chi connectivity index (χ1n) is 10.2. The number of nitrogens with one attached hydrogen (secondary N) is 1. The number of aliphatic hydroxyl groups is 2. The fraction of sp³-hybridized carbons (Fsp3) is 0.571. The number of hydrogen-bond acceptors (Lipinski definition) is 14. The van der Waals surface area contributed by atoms with Crippen molar-refractivity contribution in [1.29, 1.82) is 0 Å². The van der Waals surface area contributed by atoms with Crippen LogP contribution < -0.4 is 11.0 Å². The van der Waals surface area contributed by atoms with Crippen LogP contribution in [-0.2, 0) is 58.2 Å². The molecule has 20 nitrogen and oxygen atoms in total. The molecule has 7 N–H and O–H groups in total. The summed E-state index contributed by atoms with van der Waals surface area (Å²) >= 11 is 0. The lowest BCUT2D eigenvalue weighted by molar-refractivity contribution is -0.201. The van der Waals surface area contributed by atoms with E-state index in [-0.39, 0.29) is 10.8 Å². The molecule has 1 fully saturated rings. The summed E-state index contributed by atoms with van der Waals surface area (Å²) < 4.78 is 129. The lowest BCUT2D eigenvalue weighted by atomic mass is 10.1. The maximum absolute atomic E-state index is 12.7. The number of carbonyl (C=O) groups excluding carboxylic acids is 2. The van der Waals surface area contributed by atoms with Crippen LogP contribution in [0.2, 0.25) is 0 Å². The van der Waals surface area contributed by atoms with Crippen molar-refractivity contribution in [1.82, 2.24) is 9.55 Å². The number of esters is 1. The van der Waals surface area contributed by atoms with Gasteiger partial charge in [-0.3, -0.25) is 13.9 Å². The topological polar surface area (TPSA) is 300 Å². The first-order chi connectivity index (χ1) is 19.2. The zero-order valence-corrected chi connectivity index (χ0v) is 22.7. The van der Waals surface area contributed by atoms with E-state index in [0.29, 0.717) is 0 Å². The molecule has 1 aromatic rings. The Hall–Kier alpha value is -2.31. The van der Waals surface area contributed by atoms with E-state index in [4.69, 9.17) is 19.4 Å². The van der Waals surface area contributed by atoms with Gasteiger partial charge in [0.05, 0.1) is 13.2 Å². The number of anilines is 1. The van der Waals surface area contributed by atoms with Gasteiger partial charge in [-0.25, -0.2) is 23.3 Å². The summed E-state index contributed by atoms with van der Waals surface area (Å²) in [6.45, 7) is -4.22. The van der Waals surface area contributed by atoms with Crippen molar-refractivity contribution in [2.75, 3.05) is 18.5 Å². The van der Waals surface area contributed by atoms with Crippen LogP contribution in [0.25, 0.3) is 0 Å². The molecule has 246 valence electrons. The monoisotopic (exact) mass is 705 g/mol. The van der Waals surface area contributed by atoms with Gasteiger partial charge < -0.3 is 44.6 Å². The fourth-order valence-corrected chi connectivity index (χ4v) is 5.94. The summed E-state index contributed by atoms with van der Waals surface area (Å²) in [5.41, 5.74) is -5.95. The predicted molar refractivity (Wildman–Crippen MR) is 115 cm³/mol. The minimum atomic E-state index is -5.96. The molecule has 1 aliphatic rings. The van der Waals surface area contributed by atoms with E-state index in [1.54, 1.807) is 0 Å². The summed E-state index contributed by atoms with van der Waals surface area (Å²) in [5, 5.41) is 22.4. The quantitative estimate of drug-likeness (QED) is 0.0833. The van der Waals surface area contributed by atoms with Crippen LogP contribution in [0.1, 0.15) is 5.56 Å². The standard InChI is InChI=1S/C14H16F6N3O17P3/c15-13(16,17)9(25)21-8-5(2-36-10(26)14(18,19)20)1-23(11(27)22-8)12(28)4-37-6(7(12)24)3-38-42(32,33)40-43(34,35)39-41(29,30)31/h1,6-7,24,28H,2-4H2,(H,32,33)(H,34,35)(H2,29,30,31)(H,21,22,25,27). The molecule has 0 radical (unpaired) electrons. The molecular formula is C14H16F6N3O17P3. The molecule has 29 heteroatoms. The largest absolute Gasteiger partial charge is 0.490 e. The number of ether oxygens (including phenoxy) is 2. The maximum atomic E-state index is 12.7. The van der Waals surface area contributed by atoms with Crippen molar-refractivity contribution in [3.63, 3.8) is 0 Å². The van der Waals surface area contributed by atoms with Crippen LogP contribution in [-0.4, -0.2) is 89.0 Å². The summed E-state index contributed by atoms with van der Waals surface area (Å²) in [6.07, 6.45) is -15.5. The van der Waals surface area contributed by atoms with Gasteiger partial charge in [0.25, 0.3) is 0 Å². The number of phosphoric ester groups is 1. The number of hydrogen-bond donors (Lipinski definition) is 7. The number of alkyl halides is 6. The van der Waals surface area contributed by atoms with Crippen LogP contribution in [0, 0.1) is 0 Å². The Morgan fingerprint density at radius 1 is 1.07 bits per heavy atom. The molecule has 1 amide bonds. The minimum Gasteiger partial charge on any atom is -0.454 e. The Balaban J connectivity index is 2.34. The fourth-order valence-electron chi connectivity index (χ4n) is 2.91. The first-order valence-corrected chi connectivity index (χ1v) is 14.7. The van der Waals surface area contributed by atoms with Gasteiger partial charge in [-0.05, 0) is 0 Å². The Bertz CT molecular complexity index is 1450. The number of rotatable bonds is 11. The lowest BCUT2D eigenvalue weighted by Gasteiger charge is -2.29. The van der Waals surface area contributed by atoms with Crippen molar-refractivity contribution < 1.29 is 102 Å². The second kappa shape index (κ2) is 12.6. The number of aliphatic hydroxyl groups excluding tert-OH is 1. The molecule has 0 saturated carbocycles. The molecule has 2 heterocycles. The van der Waals surface area contributed by atoms with Crippen molar-refractivity contribution in [3.05, 3.63) is 22.2 Å². The molecular weight excluding hydrogens is 689 g/mol. The second-order valence-electron chi connectivity index (χ2n) is 7.85. The van der Waals surface area contributed by atoms with E-state index < -0.39 is 103 Å². The molecule has 5 unspecified atom stereocenters. The van der Waals surface area contributed by atoms with Gasteiger partial charge in [-0.2, -0.15) is 39.9 Å². The third kappa shape index (κ3) is 10.1. The number of nitrogens with zero attached hydrogens (tertiary/aromatic N) is 2. The summed E-state index contributed by atoms with van der Waals surface area (Å²) in [7, 11) is -17.5. The maximum Gasteiger partial charge on any atom is 0.490 e. The third-order valence-corrected chi connectivity index (χ3v) is 8.46. The van der Waals surface area contributed by atoms with Gasteiger partial charge >= 0.3 is 53.4 Å². The molecule has 0 spiro atoms. The Morgan fingerprint density at radius 2 is 1.65 bits per heavy atom. The van der Waals surface area contributed by atoms with E-state index in [1.165, 1.54) is 0 Å². The zero-order chi connectivity index (χ0) is 33.4. The average Bonchev–Trinajstić information content (AvgIpc) is 3.07. The molecule has 0 aliphatic carbocycles. The van der Waals surface area contributed by atoms with Gasteiger partial charge in [0, 0.05) is 11.8 Å². The van der Waals surface area contributed by atoms with Crippen LogP contribution in [0.5, 0.6) is 0 Å². The molecule has 1 saturated heterocycles. The summed E-state index contributed by atoms with van der Waals surface area (Å²) in [6, 6.07) is 0. The first kappa shape index (κ1) is 36.9. The summed E-state index contributed by atoms with van der Waals surface area (Å²) in [5.74, 6) is -7.05. The number of phosphoric acid groups is 3. The van der Waals surface area contributed by atoms with Crippen LogP contribution in [0.3, 0.4) is 0 Å². The average molecular weight is 705 g/mol. The van der Waals surface area contributed by atoms with Crippen LogP contribution in [0.15, 0.2) is 11.0 Å². The van der Waals surface area contributed by atoms with E-state index >= 15 is 0 Å². The Morgan fingerprint density at radius 3 is 2.16 bits per heavy atom. The van der Waals surface area contributed by atoms with E-state index in [9.17, 15) is 69.5 Å². The highest BCUT2D eigenvalue weighted by atomic mass is 31.3. The molecule has 1 aromatic heterocycles. The van der Waals surface area contributed by atoms with Gasteiger partial charge in [-0.15, -0.1) is 0 Å². The summed E-state index contributed by atoms with van der Waals surface area (Å²) in [4.78, 5) is 73.4. The van der Waals surface area contributed by atoms with Gasteiger partial charge in [-0.1, -0.05) is 0 Å². The van der Waals surface area contributed by atoms with Gasteiger partial charge in [0.1, 0.15) is 24.6 Å². The molecule has 0 bridgehead atoms. The van der Waals surface area contributed by atoms with Crippen molar-refractivity contribution in [2.45, 2.75) is 36.9 Å². The normalized spacial score (nSPS) is 24.2. The van der Waals surface area contributed by atoms with E-state index in [0.717, 1.165) is 5.32 Å². The van der Waals surface area contributed by atoms with E-state index in [1.807, 2.05) is 0 Å². The van der Waals surface area contributed by atoms with Gasteiger partial charge in [0.15, 0.2) is 5.72 Å². The minimum absolute atomic E-state index is 0.0531. The highest BCUT2D eigenvalue weighted by molar-refractivity contribution is 7.66. The van der Waals surface area contributed by atoms with Crippen LogP contribution >= 0.6 is 23.5 Å². The van der Waals surface area contributed by atoms with Crippen molar-refractivity contribution in [3.8, 4) is 0 Å². The number of carbonyl (C=O) groups is 2. The SMILES string of the molecule is O=C(Nc1nc(=O)n(C2(O)COC(COP(=O)(O)OP(=O)(O)OP(=O)(O)O)C2O)cc1COC(=O)C(F)(F)F)C(F)(F)F. The van der Waals surface area contributed by atoms with Gasteiger partial charge in [0.2, 0.25) is 0 Å². The van der Waals surface area contributed by atoms with Crippen molar-refractivity contribution in [2.24, 2.45) is 0 Å². The van der Waals surface area contributed by atoms with E-state index in [2.05, 4.69) is 22.9 Å². The third-order valence-electron chi connectivity index (χ3n) is 4.65. The Kier molecular flexibility index (Phi) is 10.8.